The number of hydrogen-bond donors (Lipinski definition) is 1. The maximum absolute atomic E-state index is 11.4. The van der Waals surface area contributed by atoms with E-state index in [0.717, 1.165) is 16.7 Å². The highest BCUT2D eigenvalue weighted by Gasteiger charge is 2.53. The van der Waals surface area contributed by atoms with E-state index in [1.54, 1.807) is 0 Å². The second-order valence-corrected chi connectivity index (χ2v) is 7.37. The van der Waals surface area contributed by atoms with Crippen LogP contribution in [-0.2, 0) is 4.79 Å². The van der Waals surface area contributed by atoms with Gasteiger partial charge in [0.2, 0.25) is 0 Å². The Hall–Kier alpha value is -2.84. The maximum atomic E-state index is 11.4. The SMILES string of the molecule is N#CC1(C2=N[C@H](C(=O)O)CS2)C(c2ccccc2)=CC2=CC=CC=CC21. The van der Waals surface area contributed by atoms with Gasteiger partial charge in [-0.3, -0.25) is 4.99 Å². The molecule has 0 saturated carbocycles. The molecule has 0 radical (unpaired) electrons. The zero-order chi connectivity index (χ0) is 18.1. The van der Waals surface area contributed by atoms with E-state index >= 15 is 0 Å². The number of nitriles is 1. The van der Waals surface area contributed by atoms with Crippen molar-refractivity contribution in [3.05, 3.63) is 77.9 Å². The zero-order valence-corrected chi connectivity index (χ0v) is 14.7. The standard InChI is InChI=1S/C21H16N2O2S/c22-13-21(20-23-18(12-26-20)19(24)25)16-10-6-2-5-9-15(16)11-17(21)14-7-3-1-4-8-14/h1-11,16,18H,12H2,(H,24,25)/t16?,18-,21?/m0/s1. The van der Waals surface area contributed by atoms with Crippen LogP contribution < -0.4 is 0 Å². The highest BCUT2D eigenvalue weighted by atomic mass is 32.2. The molecular formula is C21H16N2O2S. The number of carbonyl (C=O) groups is 1. The summed E-state index contributed by atoms with van der Waals surface area (Å²) >= 11 is 1.38. The highest BCUT2D eigenvalue weighted by Crippen LogP contribution is 2.55. The molecule has 1 aromatic carbocycles. The molecule has 0 amide bonds. The molecule has 3 atom stereocenters. The minimum absolute atomic E-state index is 0.184. The van der Waals surface area contributed by atoms with Crippen molar-refractivity contribution < 1.29 is 9.90 Å². The number of thioether (sulfide) groups is 1. The molecule has 0 aromatic heterocycles. The minimum Gasteiger partial charge on any atom is -0.480 e. The molecule has 1 N–H and O–H groups in total. The predicted octanol–water partition coefficient (Wildman–Crippen LogP) is 3.86. The van der Waals surface area contributed by atoms with Gasteiger partial charge in [0.05, 0.1) is 11.1 Å². The first-order chi connectivity index (χ1) is 12.7. The van der Waals surface area contributed by atoms with Crippen LogP contribution in [0.3, 0.4) is 0 Å². The van der Waals surface area contributed by atoms with Crippen LogP contribution in [0, 0.1) is 22.7 Å². The van der Waals surface area contributed by atoms with Crippen LogP contribution in [-0.4, -0.2) is 27.9 Å². The predicted molar refractivity (Wildman–Crippen MR) is 104 cm³/mol. The largest absolute Gasteiger partial charge is 0.480 e. The lowest BCUT2D eigenvalue weighted by atomic mass is 9.72. The van der Waals surface area contributed by atoms with Crippen LogP contribution in [0.5, 0.6) is 0 Å². The summed E-state index contributed by atoms with van der Waals surface area (Å²) in [6.07, 6.45) is 11.9. The number of hydrogen-bond acceptors (Lipinski definition) is 4. The van der Waals surface area contributed by atoms with E-state index in [1.807, 2.05) is 60.7 Å². The van der Waals surface area contributed by atoms with Gasteiger partial charge >= 0.3 is 5.97 Å². The van der Waals surface area contributed by atoms with Gasteiger partial charge in [-0.25, -0.2) is 4.79 Å². The molecule has 128 valence electrons. The Morgan fingerprint density at radius 2 is 2.08 bits per heavy atom. The summed E-state index contributed by atoms with van der Waals surface area (Å²) in [7, 11) is 0. The van der Waals surface area contributed by atoms with E-state index in [1.165, 1.54) is 11.8 Å². The lowest BCUT2D eigenvalue weighted by Crippen LogP contribution is -2.33. The average Bonchev–Trinajstić information content (AvgIpc) is 3.19. The second-order valence-electron chi connectivity index (χ2n) is 6.36. The summed E-state index contributed by atoms with van der Waals surface area (Å²) in [5.41, 5.74) is 1.89. The smallest absolute Gasteiger partial charge is 0.329 e. The number of fused-ring (bicyclic) bond motifs is 1. The fraction of sp³-hybridized carbons (Fsp3) is 0.190. The van der Waals surface area contributed by atoms with Crippen molar-refractivity contribution in [1.29, 1.82) is 5.26 Å². The first-order valence-corrected chi connectivity index (χ1v) is 9.33. The van der Waals surface area contributed by atoms with Crippen LogP contribution in [0.1, 0.15) is 5.56 Å². The number of carboxylic acids is 1. The fourth-order valence-corrected chi connectivity index (χ4v) is 4.92. The summed E-state index contributed by atoms with van der Waals surface area (Å²) in [6, 6.07) is 11.5. The number of aliphatic carboxylic acids is 1. The van der Waals surface area contributed by atoms with Crippen molar-refractivity contribution in [2.75, 3.05) is 5.75 Å². The van der Waals surface area contributed by atoms with E-state index in [4.69, 9.17) is 0 Å². The number of rotatable bonds is 3. The van der Waals surface area contributed by atoms with Gasteiger partial charge in [-0.05, 0) is 16.7 Å². The fourth-order valence-electron chi connectivity index (χ4n) is 3.67. The quantitative estimate of drug-likeness (QED) is 0.888. The van der Waals surface area contributed by atoms with E-state index in [9.17, 15) is 15.2 Å². The first kappa shape index (κ1) is 16.6. The Kier molecular flexibility index (Phi) is 4.14. The molecule has 0 fully saturated rings. The molecule has 2 unspecified atom stereocenters. The molecule has 1 aromatic rings. The van der Waals surface area contributed by atoms with E-state index in [2.05, 4.69) is 17.1 Å². The molecule has 26 heavy (non-hydrogen) atoms. The topological polar surface area (TPSA) is 73.5 Å². The number of carboxylic acid groups (broad SMARTS) is 1. The Balaban J connectivity index is 1.92. The lowest BCUT2D eigenvalue weighted by molar-refractivity contribution is -0.137. The molecular weight excluding hydrogens is 344 g/mol. The van der Waals surface area contributed by atoms with Crippen LogP contribution >= 0.6 is 11.8 Å². The Bertz CT molecular complexity index is 950. The molecule has 1 heterocycles. The van der Waals surface area contributed by atoms with Crippen LogP contribution in [0.15, 0.2) is 77.4 Å². The van der Waals surface area contributed by atoms with Crippen LogP contribution in [0.25, 0.3) is 5.57 Å². The zero-order valence-electron chi connectivity index (χ0n) is 13.9. The monoisotopic (exact) mass is 360 g/mol. The van der Waals surface area contributed by atoms with Gasteiger partial charge in [-0.2, -0.15) is 5.26 Å². The van der Waals surface area contributed by atoms with Crippen molar-refractivity contribution in [3.63, 3.8) is 0 Å². The number of nitrogens with zero attached hydrogens (tertiary/aromatic N) is 2. The number of benzene rings is 1. The average molecular weight is 360 g/mol. The second kappa shape index (κ2) is 6.47. The highest BCUT2D eigenvalue weighted by molar-refractivity contribution is 8.14. The van der Waals surface area contributed by atoms with Crippen molar-refractivity contribution in [3.8, 4) is 6.07 Å². The van der Waals surface area contributed by atoms with Crippen molar-refractivity contribution >= 4 is 28.3 Å². The van der Waals surface area contributed by atoms with Crippen molar-refractivity contribution in [1.82, 2.24) is 0 Å². The van der Waals surface area contributed by atoms with Crippen molar-refractivity contribution in [2.24, 2.45) is 16.3 Å². The Labute approximate surface area is 155 Å². The normalized spacial score (nSPS) is 29.3. The Morgan fingerprint density at radius 3 is 2.77 bits per heavy atom. The maximum Gasteiger partial charge on any atom is 0.329 e. The number of allylic oxidation sites excluding steroid dienone is 8. The Morgan fingerprint density at radius 1 is 1.27 bits per heavy atom. The van der Waals surface area contributed by atoms with Gasteiger partial charge in [0.25, 0.3) is 0 Å². The van der Waals surface area contributed by atoms with E-state index in [-0.39, 0.29) is 5.92 Å². The van der Waals surface area contributed by atoms with Gasteiger partial charge in [-0.1, -0.05) is 66.8 Å². The van der Waals surface area contributed by atoms with Gasteiger partial charge in [0.15, 0.2) is 6.04 Å². The first-order valence-electron chi connectivity index (χ1n) is 8.34. The molecule has 4 nitrogen and oxygen atoms in total. The molecule has 0 bridgehead atoms. The lowest BCUT2D eigenvalue weighted by Gasteiger charge is -2.30. The summed E-state index contributed by atoms with van der Waals surface area (Å²) in [5, 5.41) is 20.3. The third-order valence-corrected chi connectivity index (χ3v) is 6.09. The van der Waals surface area contributed by atoms with E-state index < -0.39 is 17.4 Å². The van der Waals surface area contributed by atoms with E-state index in [0.29, 0.717) is 10.8 Å². The molecule has 2 aliphatic carbocycles. The molecule has 1 aliphatic heterocycles. The van der Waals surface area contributed by atoms with Gasteiger partial charge in [-0.15, -0.1) is 11.8 Å². The molecule has 3 aliphatic rings. The third kappa shape index (κ3) is 2.46. The summed E-state index contributed by atoms with van der Waals surface area (Å²) < 4.78 is 0. The molecule has 0 spiro atoms. The molecule has 4 rings (SSSR count). The third-order valence-electron chi connectivity index (χ3n) is 4.91. The minimum atomic E-state index is -0.995. The molecule has 0 saturated heterocycles. The van der Waals surface area contributed by atoms with Crippen LogP contribution in [0.4, 0.5) is 0 Å². The van der Waals surface area contributed by atoms with Gasteiger partial charge in [0, 0.05) is 11.7 Å². The molecule has 5 heteroatoms. The number of aliphatic imine (C=N–C) groups is 1. The van der Waals surface area contributed by atoms with Crippen LogP contribution in [0.2, 0.25) is 0 Å². The van der Waals surface area contributed by atoms with Gasteiger partial charge in [0.1, 0.15) is 5.41 Å². The van der Waals surface area contributed by atoms with Crippen molar-refractivity contribution in [2.45, 2.75) is 6.04 Å². The summed E-state index contributed by atoms with van der Waals surface area (Å²) in [5.74, 6) is -0.765. The van der Waals surface area contributed by atoms with Gasteiger partial charge < -0.3 is 5.11 Å². The summed E-state index contributed by atoms with van der Waals surface area (Å²) in [6.45, 7) is 0. The summed E-state index contributed by atoms with van der Waals surface area (Å²) in [4.78, 5) is 15.8.